The number of benzene rings is 2. The fraction of sp³-hybridized carbons (Fsp3) is 0.385. The van der Waals surface area contributed by atoms with Gasteiger partial charge >= 0.3 is 5.97 Å². The van der Waals surface area contributed by atoms with Crippen molar-refractivity contribution in [1.82, 2.24) is 20.1 Å². The highest BCUT2D eigenvalue weighted by Crippen LogP contribution is 2.38. The molecule has 10 nitrogen and oxygen atoms in total. The highest BCUT2D eigenvalue weighted by atomic mass is 16.4. The van der Waals surface area contributed by atoms with Gasteiger partial charge in [0.25, 0.3) is 5.91 Å². The maximum atomic E-state index is 12.8. The molecule has 1 amide bonds. The van der Waals surface area contributed by atoms with Crippen molar-refractivity contribution in [2.24, 2.45) is 5.92 Å². The third-order valence-corrected chi connectivity index (χ3v) is 5.68. The van der Waals surface area contributed by atoms with Crippen LogP contribution in [0.5, 0.6) is 11.5 Å². The highest BCUT2D eigenvalue weighted by molar-refractivity contribution is 5.92. The Morgan fingerprint density at radius 1 is 1.00 bits per heavy atom. The molecule has 0 aliphatic carbocycles. The lowest BCUT2D eigenvalue weighted by atomic mass is 9.98. The van der Waals surface area contributed by atoms with Gasteiger partial charge in [-0.1, -0.05) is 27.7 Å². The number of aromatic hydroxyl groups is 2. The summed E-state index contributed by atoms with van der Waals surface area (Å²) < 4.78 is 1.52. The molecule has 0 aliphatic rings. The van der Waals surface area contributed by atoms with E-state index in [-0.39, 0.29) is 35.0 Å². The van der Waals surface area contributed by atoms with E-state index < -0.39 is 17.9 Å². The van der Waals surface area contributed by atoms with Crippen LogP contribution in [0.25, 0.3) is 17.1 Å². The van der Waals surface area contributed by atoms with Gasteiger partial charge in [0.2, 0.25) is 5.82 Å². The number of hydrogen-bond donors (Lipinski definition) is 5. The van der Waals surface area contributed by atoms with Gasteiger partial charge in [-0.15, -0.1) is 10.2 Å². The molecule has 0 saturated heterocycles. The number of phenolic OH excluding ortho intramolecular Hbond substituents is 2. The largest absolute Gasteiger partial charge is 0.508 e. The number of rotatable bonds is 10. The lowest BCUT2D eigenvalue weighted by Crippen LogP contribution is -2.30. The smallest absolute Gasteiger partial charge is 0.326 e. The minimum Gasteiger partial charge on any atom is -0.508 e. The number of amides is 1. The molecule has 3 rings (SSSR count). The van der Waals surface area contributed by atoms with Crippen LogP contribution in [0.4, 0.5) is 5.69 Å². The van der Waals surface area contributed by atoms with Crippen LogP contribution >= 0.6 is 0 Å². The van der Waals surface area contributed by atoms with Gasteiger partial charge in [-0.3, -0.25) is 9.36 Å². The molecule has 2 aromatic carbocycles. The fourth-order valence-corrected chi connectivity index (χ4v) is 3.93. The Hall–Kier alpha value is -4.08. The van der Waals surface area contributed by atoms with Crippen molar-refractivity contribution in [3.8, 4) is 28.6 Å². The van der Waals surface area contributed by atoms with Crippen molar-refractivity contribution in [2.75, 3.05) is 11.9 Å². The van der Waals surface area contributed by atoms with E-state index in [9.17, 15) is 24.9 Å². The molecule has 192 valence electrons. The first-order valence-electron chi connectivity index (χ1n) is 11.9. The van der Waals surface area contributed by atoms with E-state index in [1.54, 1.807) is 37.3 Å². The number of carboxylic acid groups (broad SMARTS) is 1. The van der Waals surface area contributed by atoms with Crippen molar-refractivity contribution in [2.45, 2.75) is 53.0 Å². The van der Waals surface area contributed by atoms with Crippen LogP contribution in [0.3, 0.4) is 0 Å². The molecule has 0 radical (unpaired) electrons. The van der Waals surface area contributed by atoms with Crippen LogP contribution in [0, 0.1) is 5.92 Å². The van der Waals surface area contributed by atoms with Crippen LogP contribution in [0.15, 0.2) is 36.4 Å². The van der Waals surface area contributed by atoms with Gasteiger partial charge < -0.3 is 26.0 Å². The van der Waals surface area contributed by atoms with Gasteiger partial charge in [-0.2, -0.15) is 0 Å². The predicted octanol–water partition coefficient (Wildman–Crippen LogP) is 4.13. The van der Waals surface area contributed by atoms with E-state index in [0.29, 0.717) is 35.5 Å². The van der Waals surface area contributed by atoms with E-state index >= 15 is 0 Å². The second kappa shape index (κ2) is 11.1. The second-order valence-corrected chi connectivity index (χ2v) is 9.34. The molecular weight excluding hydrogens is 462 g/mol. The number of nitrogens with zero attached hydrogens (tertiary/aromatic N) is 3. The quantitative estimate of drug-likeness (QED) is 0.282. The number of nitrogens with one attached hydrogen (secondary N) is 2. The summed E-state index contributed by atoms with van der Waals surface area (Å²) in [7, 11) is 0. The predicted molar refractivity (Wildman–Crippen MR) is 137 cm³/mol. The number of hydrogen-bond acceptors (Lipinski definition) is 7. The van der Waals surface area contributed by atoms with Gasteiger partial charge in [0.15, 0.2) is 5.82 Å². The minimum atomic E-state index is -0.934. The number of carbonyl (C=O) groups excluding carboxylic acids is 1. The fourth-order valence-electron chi connectivity index (χ4n) is 3.93. The van der Waals surface area contributed by atoms with Crippen LogP contribution in [0.1, 0.15) is 63.1 Å². The van der Waals surface area contributed by atoms with Crippen molar-refractivity contribution < 1.29 is 24.9 Å². The number of carbonyl (C=O) groups is 2. The van der Waals surface area contributed by atoms with Crippen molar-refractivity contribution in [3.63, 3.8) is 0 Å². The Bertz CT molecular complexity index is 1230. The first-order chi connectivity index (χ1) is 17.0. The molecule has 0 fully saturated rings. The number of aliphatic carboxylic acids is 1. The van der Waals surface area contributed by atoms with Crippen LogP contribution in [0.2, 0.25) is 0 Å². The Morgan fingerprint density at radius 3 is 2.22 bits per heavy atom. The zero-order chi connectivity index (χ0) is 26.6. The first-order valence-corrected chi connectivity index (χ1v) is 11.9. The Kier molecular flexibility index (Phi) is 8.18. The Morgan fingerprint density at radius 2 is 1.67 bits per heavy atom. The highest BCUT2D eigenvalue weighted by Gasteiger charge is 2.24. The maximum absolute atomic E-state index is 12.8. The molecule has 0 aliphatic heterocycles. The monoisotopic (exact) mass is 495 g/mol. The Balaban J connectivity index is 2.09. The van der Waals surface area contributed by atoms with Gasteiger partial charge in [0.05, 0.1) is 5.56 Å². The molecule has 0 saturated carbocycles. The molecule has 10 heteroatoms. The first kappa shape index (κ1) is 26.5. The number of aromatic nitrogens is 3. The van der Waals surface area contributed by atoms with E-state index in [0.717, 1.165) is 0 Å². The van der Waals surface area contributed by atoms with Crippen LogP contribution in [-0.4, -0.2) is 54.5 Å². The molecule has 5 N–H and O–H groups in total. The van der Waals surface area contributed by atoms with Crippen molar-refractivity contribution in [1.29, 1.82) is 0 Å². The topological polar surface area (TPSA) is 150 Å². The van der Waals surface area contributed by atoms with E-state index in [2.05, 4.69) is 20.8 Å². The SMILES string of the molecule is CCNC(=O)c1nnc(-c2cc(C(C)C)c(O)cc2O)n1-c1ccc(N[C@@H](CC(C)C)C(=O)O)cc1. The zero-order valence-corrected chi connectivity index (χ0v) is 21.1. The lowest BCUT2D eigenvalue weighted by molar-refractivity contribution is -0.138. The van der Waals surface area contributed by atoms with Crippen molar-refractivity contribution in [3.05, 3.63) is 47.8 Å². The maximum Gasteiger partial charge on any atom is 0.326 e. The molecule has 1 heterocycles. The second-order valence-electron chi connectivity index (χ2n) is 9.34. The number of carboxylic acids is 1. The molecule has 1 atom stereocenters. The molecule has 1 aromatic heterocycles. The van der Waals surface area contributed by atoms with E-state index in [4.69, 9.17) is 0 Å². The normalized spacial score (nSPS) is 12.1. The Labute approximate surface area is 210 Å². The molecule has 0 bridgehead atoms. The summed E-state index contributed by atoms with van der Waals surface area (Å²) >= 11 is 0. The average molecular weight is 496 g/mol. The molecular formula is C26H33N5O5. The third-order valence-electron chi connectivity index (χ3n) is 5.68. The summed E-state index contributed by atoms with van der Waals surface area (Å²) in [5.41, 5.74) is 2.07. The van der Waals surface area contributed by atoms with Crippen LogP contribution in [-0.2, 0) is 4.79 Å². The van der Waals surface area contributed by atoms with Crippen molar-refractivity contribution >= 4 is 17.6 Å². The molecule has 0 spiro atoms. The van der Waals surface area contributed by atoms with Gasteiger partial charge in [0, 0.05) is 24.0 Å². The summed E-state index contributed by atoms with van der Waals surface area (Å²) in [5, 5.41) is 44.5. The summed E-state index contributed by atoms with van der Waals surface area (Å²) in [6.45, 7) is 9.92. The summed E-state index contributed by atoms with van der Waals surface area (Å²) in [4.78, 5) is 24.4. The number of phenols is 2. The zero-order valence-electron chi connectivity index (χ0n) is 21.1. The van der Waals surface area contributed by atoms with Crippen LogP contribution < -0.4 is 10.6 Å². The third kappa shape index (κ3) is 5.76. The summed E-state index contributed by atoms with van der Waals surface area (Å²) in [5.74, 6) is -1.20. The van der Waals surface area contributed by atoms with Gasteiger partial charge in [0.1, 0.15) is 17.5 Å². The average Bonchev–Trinajstić information content (AvgIpc) is 3.23. The minimum absolute atomic E-state index is 0.0225. The molecule has 0 unspecified atom stereocenters. The van der Waals surface area contributed by atoms with E-state index in [1.165, 1.54) is 10.6 Å². The molecule has 36 heavy (non-hydrogen) atoms. The summed E-state index contributed by atoms with van der Waals surface area (Å²) in [6.07, 6.45) is 0.465. The lowest BCUT2D eigenvalue weighted by Gasteiger charge is -2.18. The summed E-state index contributed by atoms with van der Waals surface area (Å²) in [6, 6.07) is 9.01. The van der Waals surface area contributed by atoms with E-state index in [1.807, 2.05) is 27.7 Å². The number of anilines is 1. The van der Waals surface area contributed by atoms with Gasteiger partial charge in [-0.25, -0.2) is 4.79 Å². The molecule has 3 aromatic rings. The standard InChI is InChI=1S/C26H33N5O5/c1-6-27-25(34)24-30-29-23(19-12-18(15(4)5)21(32)13-22(19)33)31(24)17-9-7-16(8-10-17)28-20(26(35)36)11-14(2)3/h7-10,12-15,20,28,32-33H,6,11H2,1-5H3,(H,27,34)(H,35,36)/t20-/m0/s1. The van der Waals surface area contributed by atoms with Gasteiger partial charge in [-0.05, 0) is 61.1 Å².